The van der Waals surface area contributed by atoms with E-state index < -0.39 is 6.29 Å². The van der Waals surface area contributed by atoms with Crippen molar-refractivity contribution in [1.29, 1.82) is 0 Å². The van der Waals surface area contributed by atoms with Gasteiger partial charge < -0.3 is 25.2 Å². The summed E-state index contributed by atoms with van der Waals surface area (Å²) >= 11 is 1.78. The van der Waals surface area contributed by atoms with Crippen LogP contribution in [0.2, 0.25) is 0 Å². The van der Waals surface area contributed by atoms with Gasteiger partial charge in [0.2, 0.25) is 0 Å². The predicted molar refractivity (Wildman–Crippen MR) is 138 cm³/mol. The largest absolute Gasteiger partial charge is 0.392 e. The molecule has 1 heterocycles. The topological polar surface area (TPSA) is 79.8 Å². The number of amides is 2. The molecule has 1 saturated heterocycles. The Bertz CT molecular complexity index is 1060. The summed E-state index contributed by atoms with van der Waals surface area (Å²) < 4.78 is 12.8. The monoisotopic (exact) mass is 492 g/mol. The Morgan fingerprint density at radius 3 is 2.29 bits per heavy atom. The molecule has 1 fully saturated rings. The smallest absolute Gasteiger partial charge is 0.315 e. The maximum atomic E-state index is 11.7. The van der Waals surface area contributed by atoms with E-state index in [-0.39, 0.29) is 24.8 Å². The summed E-state index contributed by atoms with van der Waals surface area (Å²) in [4.78, 5) is 12.9. The van der Waals surface area contributed by atoms with E-state index in [4.69, 9.17) is 9.47 Å². The maximum Gasteiger partial charge on any atom is 0.315 e. The van der Waals surface area contributed by atoms with Crippen molar-refractivity contribution in [2.45, 2.75) is 49.9 Å². The van der Waals surface area contributed by atoms with Crippen LogP contribution in [0.5, 0.6) is 0 Å². The molecular weight excluding hydrogens is 460 g/mol. The van der Waals surface area contributed by atoms with Gasteiger partial charge in [-0.3, -0.25) is 0 Å². The average molecular weight is 493 g/mol. The summed E-state index contributed by atoms with van der Waals surface area (Å²) in [7, 11) is 0. The van der Waals surface area contributed by atoms with Crippen molar-refractivity contribution in [2.24, 2.45) is 0 Å². The van der Waals surface area contributed by atoms with E-state index in [1.807, 2.05) is 73.7 Å². The average Bonchev–Trinajstić information content (AvgIpc) is 2.92. The number of ether oxygens (including phenoxy) is 2. The summed E-state index contributed by atoms with van der Waals surface area (Å²) in [6, 6.07) is 26.1. The van der Waals surface area contributed by atoms with Crippen molar-refractivity contribution in [3.05, 3.63) is 101 Å². The third-order valence-corrected chi connectivity index (χ3v) is 6.98. The first-order valence-corrected chi connectivity index (χ1v) is 12.9. The van der Waals surface area contributed by atoms with E-state index in [0.717, 1.165) is 34.4 Å². The summed E-state index contributed by atoms with van der Waals surface area (Å²) in [5.41, 5.74) is 3.90. The molecule has 35 heavy (non-hydrogen) atoms. The third-order valence-electron chi connectivity index (χ3n) is 5.84. The zero-order valence-corrected chi connectivity index (χ0v) is 20.7. The number of carbonyl (C=O) groups excluding carboxylic acids is 1. The van der Waals surface area contributed by atoms with Gasteiger partial charge in [0.1, 0.15) is 0 Å². The number of aliphatic hydroxyl groups excluding tert-OH is 1. The maximum absolute atomic E-state index is 11.7. The van der Waals surface area contributed by atoms with E-state index >= 15 is 0 Å². The van der Waals surface area contributed by atoms with Gasteiger partial charge in [-0.05, 0) is 35.7 Å². The van der Waals surface area contributed by atoms with Crippen molar-refractivity contribution >= 4 is 17.8 Å². The molecule has 0 aromatic heterocycles. The second kappa shape index (κ2) is 12.7. The quantitative estimate of drug-likeness (QED) is 0.352. The molecule has 6 nitrogen and oxygen atoms in total. The van der Waals surface area contributed by atoms with E-state index in [1.54, 1.807) is 11.8 Å². The van der Waals surface area contributed by atoms with E-state index in [1.165, 1.54) is 4.90 Å². The molecule has 1 aliphatic rings. The number of aliphatic hydroxyl groups is 1. The first kappa shape index (κ1) is 25.3. The lowest BCUT2D eigenvalue weighted by Gasteiger charge is -2.36. The summed E-state index contributed by atoms with van der Waals surface area (Å²) in [6.45, 7) is 2.96. The second-order valence-corrected chi connectivity index (χ2v) is 9.52. The molecule has 184 valence electrons. The molecule has 0 radical (unpaired) electrons. The Morgan fingerprint density at radius 2 is 1.60 bits per heavy atom. The highest BCUT2D eigenvalue weighted by atomic mass is 32.2. The van der Waals surface area contributed by atoms with Crippen molar-refractivity contribution in [3.8, 4) is 0 Å². The van der Waals surface area contributed by atoms with Crippen LogP contribution in [0.25, 0.3) is 0 Å². The predicted octanol–water partition coefficient (Wildman–Crippen LogP) is 5.34. The van der Waals surface area contributed by atoms with Crippen LogP contribution in [-0.4, -0.2) is 29.5 Å². The zero-order chi connectivity index (χ0) is 24.5. The van der Waals surface area contributed by atoms with Gasteiger partial charge >= 0.3 is 6.03 Å². The fraction of sp³-hybridized carbons (Fsp3) is 0.321. The van der Waals surface area contributed by atoms with Gasteiger partial charge in [0.15, 0.2) is 6.29 Å². The van der Waals surface area contributed by atoms with Crippen molar-refractivity contribution in [2.75, 3.05) is 12.3 Å². The third kappa shape index (κ3) is 7.32. The van der Waals surface area contributed by atoms with Gasteiger partial charge in [-0.25, -0.2) is 4.79 Å². The highest BCUT2D eigenvalue weighted by Gasteiger charge is 2.32. The van der Waals surface area contributed by atoms with Gasteiger partial charge in [0.25, 0.3) is 0 Å². The Kier molecular flexibility index (Phi) is 9.20. The van der Waals surface area contributed by atoms with Crippen molar-refractivity contribution < 1.29 is 19.4 Å². The lowest BCUT2D eigenvalue weighted by molar-refractivity contribution is -0.245. The van der Waals surface area contributed by atoms with Crippen LogP contribution < -0.4 is 10.6 Å². The number of hydrogen-bond donors (Lipinski definition) is 3. The van der Waals surface area contributed by atoms with Crippen LogP contribution >= 0.6 is 11.8 Å². The SMILES string of the molecule is CCNC(=O)NCc1ccc(C2OC(CSc3ccccc3)CC(c3ccc(CO)cc3)O2)cc1. The molecule has 3 aromatic rings. The van der Waals surface area contributed by atoms with Gasteiger partial charge in [-0.15, -0.1) is 11.8 Å². The number of rotatable bonds is 9. The van der Waals surface area contributed by atoms with Gasteiger partial charge in [-0.2, -0.15) is 0 Å². The Hall–Kier alpha value is -2.84. The minimum atomic E-state index is -0.488. The number of benzene rings is 3. The molecular formula is C28H32N2O4S. The molecule has 3 unspecified atom stereocenters. The molecule has 0 spiro atoms. The highest BCUT2D eigenvalue weighted by Crippen LogP contribution is 2.39. The minimum Gasteiger partial charge on any atom is -0.392 e. The van der Waals surface area contributed by atoms with Crippen LogP contribution in [0.3, 0.4) is 0 Å². The zero-order valence-electron chi connectivity index (χ0n) is 19.9. The fourth-order valence-electron chi connectivity index (χ4n) is 3.93. The van der Waals surface area contributed by atoms with Crippen LogP contribution in [0.15, 0.2) is 83.8 Å². The van der Waals surface area contributed by atoms with Crippen LogP contribution in [0.1, 0.15) is 48.0 Å². The van der Waals surface area contributed by atoms with Crippen LogP contribution in [-0.2, 0) is 22.6 Å². The van der Waals surface area contributed by atoms with Crippen molar-refractivity contribution in [3.63, 3.8) is 0 Å². The first-order valence-electron chi connectivity index (χ1n) is 11.9. The molecule has 7 heteroatoms. The van der Waals surface area contributed by atoms with E-state index in [0.29, 0.717) is 13.1 Å². The molecule has 3 aromatic carbocycles. The van der Waals surface area contributed by atoms with E-state index in [2.05, 4.69) is 22.8 Å². The first-order chi connectivity index (χ1) is 17.1. The lowest BCUT2D eigenvalue weighted by atomic mass is 10.0. The van der Waals surface area contributed by atoms with Gasteiger partial charge in [0, 0.05) is 35.7 Å². The molecule has 2 amide bonds. The molecule has 3 atom stereocenters. The van der Waals surface area contributed by atoms with Crippen molar-refractivity contribution in [1.82, 2.24) is 10.6 Å². The molecule has 0 bridgehead atoms. The normalized spacial score (nSPS) is 19.8. The highest BCUT2D eigenvalue weighted by molar-refractivity contribution is 7.99. The molecule has 1 aliphatic heterocycles. The minimum absolute atomic E-state index is 0.0144. The van der Waals surface area contributed by atoms with E-state index in [9.17, 15) is 9.90 Å². The molecule has 3 N–H and O–H groups in total. The molecule has 0 aliphatic carbocycles. The standard InChI is InChI=1S/C28H32N2O4S/c1-2-29-28(32)30-17-20-8-14-23(15-9-20)27-33-24(19-35-25-6-4-3-5-7-25)16-26(34-27)22-12-10-21(18-31)11-13-22/h3-15,24,26-27,31H,2,16-19H2,1H3,(H2,29,30,32). The molecule has 4 rings (SSSR count). The van der Waals surface area contributed by atoms with Crippen LogP contribution in [0, 0.1) is 0 Å². The number of carbonyl (C=O) groups is 1. The lowest BCUT2D eigenvalue weighted by Crippen LogP contribution is -2.34. The number of urea groups is 1. The van der Waals surface area contributed by atoms with Gasteiger partial charge in [0.05, 0.1) is 18.8 Å². The second-order valence-electron chi connectivity index (χ2n) is 8.43. The number of thioether (sulfide) groups is 1. The summed E-state index contributed by atoms with van der Waals surface area (Å²) in [5, 5.41) is 15.0. The Morgan fingerprint density at radius 1 is 0.914 bits per heavy atom. The van der Waals surface area contributed by atoms with Gasteiger partial charge in [-0.1, -0.05) is 66.7 Å². The fourth-order valence-corrected chi connectivity index (χ4v) is 4.87. The Labute approximate surface area is 211 Å². The summed E-state index contributed by atoms with van der Waals surface area (Å²) in [6.07, 6.45) is 0.170. The Balaban J connectivity index is 1.46. The number of nitrogens with one attached hydrogen (secondary N) is 2. The van der Waals surface area contributed by atoms with Crippen LogP contribution in [0.4, 0.5) is 4.79 Å². The molecule has 0 saturated carbocycles. The summed E-state index contributed by atoms with van der Waals surface area (Å²) in [5.74, 6) is 0.823. The number of hydrogen-bond acceptors (Lipinski definition) is 5.